The van der Waals surface area contributed by atoms with E-state index in [4.69, 9.17) is 0 Å². The Balaban J connectivity index is 0.000000451. The summed E-state index contributed by atoms with van der Waals surface area (Å²) in [6.07, 6.45) is 2.03. The van der Waals surface area contributed by atoms with Crippen molar-refractivity contribution in [2.45, 2.75) is 20.8 Å². The molecule has 0 unspecified atom stereocenters. The Morgan fingerprint density at radius 3 is 2.50 bits per heavy atom. The smallest absolute Gasteiger partial charge is 0.0456 e. The lowest BCUT2D eigenvalue weighted by Gasteiger charge is -1.86. The summed E-state index contributed by atoms with van der Waals surface area (Å²) in [5.41, 5.74) is 2.54. The molecule has 2 rings (SSSR count). The highest BCUT2D eigenvalue weighted by atomic mass is 14.7. The predicted molar refractivity (Wildman–Crippen MR) is 56.5 cm³/mol. The van der Waals surface area contributed by atoms with E-state index >= 15 is 0 Å². The molecule has 1 heterocycles. The van der Waals surface area contributed by atoms with Crippen LogP contribution in [-0.2, 0) is 0 Å². The fourth-order valence-electron chi connectivity index (χ4n) is 1.22. The summed E-state index contributed by atoms with van der Waals surface area (Å²) in [4.78, 5) is 3.19. The van der Waals surface area contributed by atoms with E-state index in [0.717, 1.165) is 0 Å². The molecule has 0 saturated carbocycles. The Labute approximate surface area is 74.9 Å². The minimum Gasteiger partial charge on any atom is -0.361 e. The van der Waals surface area contributed by atoms with Crippen molar-refractivity contribution in [3.8, 4) is 0 Å². The predicted octanol–water partition coefficient (Wildman–Crippen LogP) is 3.75. The zero-order valence-electron chi connectivity index (χ0n) is 7.89. The van der Waals surface area contributed by atoms with Gasteiger partial charge in [0.15, 0.2) is 0 Å². The van der Waals surface area contributed by atoms with Crippen LogP contribution < -0.4 is 0 Å². The van der Waals surface area contributed by atoms with Crippen LogP contribution in [0.15, 0.2) is 30.5 Å². The number of aromatic nitrogens is 1. The van der Waals surface area contributed by atoms with E-state index in [0.29, 0.717) is 0 Å². The second kappa shape index (κ2) is 3.96. The van der Waals surface area contributed by atoms with Gasteiger partial charge in [0, 0.05) is 18.5 Å². The van der Waals surface area contributed by atoms with E-state index in [2.05, 4.69) is 30.1 Å². The molecule has 0 radical (unpaired) electrons. The lowest BCUT2D eigenvalue weighted by Crippen LogP contribution is -1.64. The summed E-state index contributed by atoms with van der Waals surface area (Å²) in [7, 11) is 0. The highest BCUT2D eigenvalue weighted by molar-refractivity contribution is 5.82. The minimum absolute atomic E-state index is 0. The molecule has 1 N–H and O–H groups in total. The maximum Gasteiger partial charge on any atom is 0.0456 e. The number of fused-ring (bicyclic) bond motifs is 1. The Hall–Kier alpha value is -1.24. The van der Waals surface area contributed by atoms with Crippen LogP contribution in [0.1, 0.15) is 20.8 Å². The molecule has 66 valence electrons. The fourth-order valence-corrected chi connectivity index (χ4v) is 1.22. The van der Waals surface area contributed by atoms with E-state index in [1.165, 1.54) is 16.5 Å². The summed E-state index contributed by atoms with van der Waals surface area (Å²) >= 11 is 0. The van der Waals surface area contributed by atoms with E-state index < -0.39 is 0 Å². The first-order chi connectivity index (χ1) is 5.88. The molecule has 1 nitrogen and oxygen atoms in total. The molecule has 0 fully saturated rings. The monoisotopic (exact) mass is 163 g/mol. The third-order valence-corrected chi connectivity index (χ3v) is 1.80. The van der Waals surface area contributed by atoms with Gasteiger partial charge in [0.1, 0.15) is 0 Å². The van der Waals surface area contributed by atoms with Crippen molar-refractivity contribution in [3.05, 3.63) is 36.0 Å². The van der Waals surface area contributed by atoms with Gasteiger partial charge in [-0.3, -0.25) is 0 Å². The standard InChI is InChI=1S/C9H9N.C2H6.H2/c1-7-6-10-9-5-3-2-4-8(7)9;1-2;/h2-6,10H,1H3;1-2H3;1H. The van der Waals surface area contributed by atoms with Gasteiger partial charge in [-0.25, -0.2) is 0 Å². The zero-order chi connectivity index (χ0) is 8.97. The molecule has 0 aliphatic carbocycles. The first-order valence-electron chi connectivity index (χ1n) is 4.40. The van der Waals surface area contributed by atoms with Gasteiger partial charge >= 0.3 is 0 Å². The maximum absolute atomic E-state index is 3.19. The van der Waals surface area contributed by atoms with Crippen LogP contribution in [0.2, 0.25) is 0 Å². The van der Waals surface area contributed by atoms with Crippen molar-refractivity contribution in [1.82, 2.24) is 4.98 Å². The van der Waals surface area contributed by atoms with Crippen molar-refractivity contribution in [2.75, 3.05) is 0 Å². The summed E-state index contributed by atoms with van der Waals surface area (Å²) in [5.74, 6) is 0. The summed E-state index contributed by atoms with van der Waals surface area (Å²) in [5, 5.41) is 1.32. The average Bonchev–Trinajstić information content (AvgIpc) is 2.53. The first kappa shape index (κ1) is 8.85. The number of para-hydroxylation sites is 1. The molecule has 0 saturated heterocycles. The zero-order valence-corrected chi connectivity index (χ0v) is 7.89. The first-order valence-corrected chi connectivity index (χ1v) is 4.40. The number of nitrogens with one attached hydrogen (secondary N) is 1. The SMILES string of the molecule is CC.Cc1c[nH]c2ccccc12.[HH]. The van der Waals surface area contributed by atoms with Crippen molar-refractivity contribution in [2.24, 2.45) is 0 Å². The van der Waals surface area contributed by atoms with Gasteiger partial charge in [0.25, 0.3) is 0 Å². The Bertz CT molecular complexity index is 352. The molecule has 0 spiro atoms. The lowest BCUT2D eigenvalue weighted by molar-refractivity contribution is 1.43. The second-order valence-corrected chi connectivity index (χ2v) is 2.52. The largest absolute Gasteiger partial charge is 0.361 e. The van der Waals surface area contributed by atoms with Crippen LogP contribution in [0, 0.1) is 6.92 Å². The molecule has 1 aromatic heterocycles. The van der Waals surface area contributed by atoms with Crippen molar-refractivity contribution in [3.63, 3.8) is 0 Å². The van der Waals surface area contributed by atoms with Crippen LogP contribution in [0.25, 0.3) is 10.9 Å². The number of hydrogen-bond acceptors (Lipinski definition) is 0. The molecule has 0 atom stereocenters. The third kappa shape index (κ3) is 1.50. The molecule has 2 aromatic rings. The fraction of sp³-hybridized carbons (Fsp3) is 0.273. The normalized spacial score (nSPS) is 9.25. The van der Waals surface area contributed by atoms with Gasteiger partial charge < -0.3 is 4.98 Å². The van der Waals surface area contributed by atoms with Gasteiger partial charge in [-0.15, -0.1) is 0 Å². The van der Waals surface area contributed by atoms with Gasteiger partial charge in [0.2, 0.25) is 0 Å². The molecule has 1 heteroatoms. The van der Waals surface area contributed by atoms with Crippen molar-refractivity contribution < 1.29 is 1.43 Å². The molecule has 12 heavy (non-hydrogen) atoms. The summed E-state index contributed by atoms with van der Waals surface area (Å²) < 4.78 is 0. The number of H-pyrrole nitrogens is 1. The third-order valence-electron chi connectivity index (χ3n) is 1.80. The number of aromatic amines is 1. The van der Waals surface area contributed by atoms with E-state index in [-0.39, 0.29) is 1.43 Å². The van der Waals surface area contributed by atoms with Crippen LogP contribution in [0.3, 0.4) is 0 Å². The van der Waals surface area contributed by atoms with Crippen LogP contribution >= 0.6 is 0 Å². The number of aryl methyl sites for hydroxylation is 1. The van der Waals surface area contributed by atoms with Gasteiger partial charge in [-0.05, 0) is 18.6 Å². The second-order valence-electron chi connectivity index (χ2n) is 2.52. The van der Waals surface area contributed by atoms with Crippen LogP contribution in [0.5, 0.6) is 0 Å². The van der Waals surface area contributed by atoms with Crippen LogP contribution in [-0.4, -0.2) is 4.98 Å². The van der Waals surface area contributed by atoms with E-state index in [1.807, 2.05) is 26.1 Å². The highest BCUT2D eigenvalue weighted by Gasteiger charge is 1.94. The van der Waals surface area contributed by atoms with E-state index in [1.54, 1.807) is 0 Å². The van der Waals surface area contributed by atoms with Crippen molar-refractivity contribution in [1.29, 1.82) is 0 Å². The Kier molecular flexibility index (Phi) is 2.92. The average molecular weight is 163 g/mol. The summed E-state index contributed by atoms with van der Waals surface area (Å²) in [6.45, 7) is 6.11. The van der Waals surface area contributed by atoms with Gasteiger partial charge in [-0.1, -0.05) is 32.0 Å². The molecule has 0 aliphatic heterocycles. The minimum atomic E-state index is 0. The Morgan fingerprint density at radius 1 is 1.17 bits per heavy atom. The topological polar surface area (TPSA) is 15.8 Å². The van der Waals surface area contributed by atoms with Crippen LogP contribution in [0.4, 0.5) is 0 Å². The molecule has 0 bridgehead atoms. The molecular weight excluding hydrogens is 146 g/mol. The quantitative estimate of drug-likeness (QED) is 0.608. The Morgan fingerprint density at radius 2 is 1.83 bits per heavy atom. The number of rotatable bonds is 0. The highest BCUT2D eigenvalue weighted by Crippen LogP contribution is 2.15. The molecule has 0 aliphatic rings. The lowest BCUT2D eigenvalue weighted by atomic mass is 10.2. The molecule has 0 amide bonds. The van der Waals surface area contributed by atoms with E-state index in [9.17, 15) is 0 Å². The molecular formula is C11H17N. The van der Waals surface area contributed by atoms with Gasteiger partial charge in [0.05, 0.1) is 0 Å². The summed E-state index contributed by atoms with van der Waals surface area (Å²) in [6, 6.07) is 8.31. The van der Waals surface area contributed by atoms with Gasteiger partial charge in [-0.2, -0.15) is 0 Å². The number of hydrogen-bond donors (Lipinski definition) is 1. The number of benzene rings is 1. The maximum atomic E-state index is 3.19. The molecule has 1 aromatic carbocycles. The van der Waals surface area contributed by atoms with Crippen molar-refractivity contribution >= 4 is 10.9 Å².